The van der Waals surface area contributed by atoms with Crippen LogP contribution in [0.25, 0.3) is 33.1 Å². The molecule has 8 aromatic rings. The van der Waals surface area contributed by atoms with Gasteiger partial charge in [-0.1, -0.05) is 151 Å². The van der Waals surface area contributed by atoms with Crippen LogP contribution in [0.4, 0.5) is 34.1 Å². The molecule has 5 heteroatoms. The van der Waals surface area contributed by atoms with Crippen molar-refractivity contribution in [3.8, 4) is 11.1 Å². The lowest BCUT2D eigenvalue weighted by atomic mass is 9.38. The molecule has 0 saturated carbocycles. The van der Waals surface area contributed by atoms with Crippen molar-refractivity contribution in [1.29, 1.82) is 0 Å². The minimum Gasteiger partial charge on any atom is -0.455 e. The first-order chi connectivity index (χ1) is 29.5. The van der Waals surface area contributed by atoms with Crippen molar-refractivity contribution in [1.82, 2.24) is 0 Å². The Morgan fingerprint density at radius 1 is 0.700 bits per heavy atom. The topological polar surface area (TPSA) is 31.6 Å². The first kappa shape index (κ1) is 38.3. The minimum atomic E-state index is 0.112. The summed E-state index contributed by atoms with van der Waals surface area (Å²) in [6.45, 7) is 10.5. The first-order valence-electron chi connectivity index (χ1n) is 20.8. The zero-order valence-corrected chi connectivity index (χ0v) is 34.5. The molecule has 4 nitrogen and oxygen atoms in total. The number of hydrogen-bond donors (Lipinski definition) is 1. The Hall–Kier alpha value is -7.24. The van der Waals surface area contributed by atoms with Crippen LogP contribution in [0.1, 0.15) is 27.2 Å². The molecule has 0 unspecified atom stereocenters. The van der Waals surface area contributed by atoms with Crippen molar-refractivity contribution in [2.45, 2.75) is 33.5 Å². The molecule has 0 fully saturated rings. The van der Waals surface area contributed by atoms with Crippen molar-refractivity contribution < 1.29 is 4.42 Å². The maximum Gasteiger partial charge on any atom is 0.215 e. The van der Waals surface area contributed by atoms with Crippen molar-refractivity contribution >= 4 is 73.7 Å². The predicted octanol–water partition coefficient (Wildman–Crippen LogP) is 14.2. The second kappa shape index (κ2) is 16.9. The highest BCUT2D eigenvalue weighted by atomic mass is 16.3. The van der Waals surface area contributed by atoms with E-state index in [1.807, 2.05) is 24.3 Å². The van der Waals surface area contributed by atoms with Crippen LogP contribution in [-0.4, -0.2) is 6.71 Å². The fourth-order valence-electron chi connectivity index (χ4n) is 8.70. The first-order valence-corrected chi connectivity index (χ1v) is 20.8. The average Bonchev–Trinajstić information content (AvgIpc) is 3.60. The van der Waals surface area contributed by atoms with Gasteiger partial charge < -0.3 is 19.5 Å². The largest absolute Gasteiger partial charge is 0.455 e. The summed E-state index contributed by atoms with van der Waals surface area (Å²) in [6, 6.07) is 60.9. The molecule has 292 valence electrons. The van der Waals surface area contributed by atoms with Crippen molar-refractivity contribution in [3.05, 3.63) is 218 Å². The van der Waals surface area contributed by atoms with Gasteiger partial charge in [-0.2, -0.15) is 0 Å². The smallest absolute Gasteiger partial charge is 0.215 e. The molecule has 0 spiro atoms. The van der Waals surface area contributed by atoms with Gasteiger partial charge in [-0.25, -0.2) is 0 Å². The number of hydrogen-bond acceptors (Lipinski definition) is 4. The number of allylic oxidation sites excluding steroid dienone is 7. The normalized spacial score (nSPS) is 14.0. The molecule has 1 aliphatic heterocycles. The predicted molar refractivity (Wildman–Crippen MR) is 258 cm³/mol. The molecule has 9 rings (SSSR count). The van der Waals surface area contributed by atoms with Crippen LogP contribution < -0.4 is 26.0 Å². The van der Waals surface area contributed by atoms with Crippen LogP contribution in [0.15, 0.2) is 222 Å². The maximum atomic E-state index is 6.49. The Morgan fingerprint density at radius 3 is 2.12 bits per heavy atom. The van der Waals surface area contributed by atoms with E-state index in [9.17, 15) is 0 Å². The Morgan fingerprint density at radius 2 is 1.38 bits per heavy atom. The zero-order chi connectivity index (χ0) is 41.0. The van der Waals surface area contributed by atoms with Crippen LogP contribution in [0.5, 0.6) is 0 Å². The van der Waals surface area contributed by atoms with Crippen LogP contribution >= 0.6 is 0 Å². The highest BCUT2D eigenvalue weighted by Gasteiger charge is 2.33. The third kappa shape index (κ3) is 7.47. The lowest BCUT2D eigenvalue weighted by molar-refractivity contribution is 0.670. The molecule has 7 aromatic carbocycles. The Balaban J connectivity index is 1.25. The van der Waals surface area contributed by atoms with Gasteiger partial charge in [-0.3, -0.25) is 0 Å². The summed E-state index contributed by atoms with van der Waals surface area (Å²) < 4.78 is 6.49. The summed E-state index contributed by atoms with van der Waals surface area (Å²) >= 11 is 0. The molecule has 0 atom stereocenters. The lowest BCUT2D eigenvalue weighted by Gasteiger charge is -2.32. The van der Waals surface area contributed by atoms with E-state index in [0.29, 0.717) is 0 Å². The van der Waals surface area contributed by atoms with E-state index < -0.39 is 0 Å². The molecular formula is C55H48BN3O. The number of rotatable bonds is 10. The number of fused-ring (bicyclic) bond motifs is 4. The van der Waals surface area contributed by atoms with Gasteiger partial charge in [0.1, 0.15) is 11.2 Å². The Bertz CT molecular complexity index is 2870. The van der Waals surface area contributed by atoms with Gasteiger partial charge in [0.15, 0.2) is 0 Å². The van der Waals surface area contributed by atoms with E-state index >= 15 is 0 Å². The molecule has 0 bridgehead atoms. The molecule has 0 amide bonds. The summed E-state index contributed by atoms with van der Waals surface area (Å²) in [7, 11) is 0. The number of nitrogens with one attached hydrogen (secondary N) is 1. The summed E-state index contributed by atoms with van der Waals surface area (Å²) in [5.41, 5.74) is 16.7. The van der Waals surface area contributed by atoms with Crippen LogP contribution in [0.2, 0.25) is 6.32 Å². The average molecular weight is 778 g/mol. The molecule has 1 N–H and O–H groups in total. The van der Waals surface area contributed by atoms with Gasteiger partial charge in [0.25, 0.3) is 0 Å². The molecule has 1 aliphatic rings. The number of furan rings is 1. The highest BCUT2D eigenvalue weighted by Crippen LogP contribution is 2.42. The minimum absolute atomic E-state index is 0.112. The van der Waals surface area contributed by atoms with Gasteiger partial charge in [0.2, 0.25) is 6.71 Å². The summed E-state index contributed by atoms with van der Waals surface area (Å²) in [5, 5.41) is 5.97. The Kier molecular flexibility index (Phi) is 10.8. The zero-order valence-electron chi connectivity index (χ0n) is 34.5. The maximum absolute atomic E-state index is 6.49. The van der Waals surface area contributed by atoms with Gasteiger partial charge in [0, 0.05) is 61.9 Å². The highest BCUT2D eigenvalue weighted by molar-refractivity contribution is 6.87. The second-order valence-electron chi connectivity index (χ2n) is 15.5. The molecule has 60 heavy (non-hydrogen) atoms. The van der Waals surface area contributed by atoms with E-state index in [4.69, 9.17) is 4.42 Å². The third-order valence-electron chi connectivity index (χ3n) is 11.6. The molecule has 0 saturated heterocycles. The van der Waals surface area contributed by atoms with Crippen LogP contribution in [-0.2, 0) is 0 Å². The van der Waals surface area contributed by atoms with E-state index in [2.05, 4.69) is 212 Å². The van der Waals surface area contributed by atoms with Gasteiger partial charge in [0.05, 0.1) is 0 Å². The monoisotopic (exact) mass is 777 g/mol. The van der Waals surface area contributed by atoms with Crippen molar-refractivity contribution in [3.63, 3.8) is 0 Å². The van der Waals surface area contributed by atoms with Crippen LogP contribution in [0.3, 0.4) is 0 Å². The quantitative estimate of drug-likeness (QED) is 0.111. The van der Waals surface area contributed by atoms with Gasteiger partial charge >= 0.3 is 0 Å². The molecule has 0 radical (unpaired) electrons. The van der Waals surface area contributed by atoms with Crippen molar-refractivity contribution in [2.24, 2.45) is 0 Å². The number of nitrogens with zero attached hydrogens (tertiary/aromatic N) is 2. The fourth-order valence-corrected chi connectivity index (χ4v) is 8.70. The van der Waals surface area contributed by atoms with Gasteiger partial charge in [-0.15, -0.1) is 0 Å². The van der Waals surface area contributed by atoms with Gasteiger partial charge in [-0.05, 0) is 106 Å². The lowest BCUT2D eigenvalue weighted by Crippen LogP contribution is -2.43. The summed E-state index contributed by atoms with van der Waals surface area (Å²) in [6.07, 6.45) is 10.2. The van der Waals surface area contributed by atoms with E-state index in [0.717, 1.165) is 85.6 Å². The Labute approximate surface area is 354 Å². The summed E-state index contributed by atoms with van der Waals surface area (Å²) in [5.74, 6) is 0. The molecule has 0 aliphatic carbocycles. The fraction of sp³-hybridized carbons (Fsp3) is 0.0909. The van der Waals surface area contributed by atoms with Crippen LogP contribution in [0, 0.1) is 0 Å². The molecule has 1 aromatic heterocycles. The number of benzene rings is 7. The molecule has 2 heterocycles. The third-order valence-corrected chi connectivity index (χ3v) is 11.6. The number of anilines is 6. The second-order valence-corrected chi connectivity index (χ2v) is 15.5. The summed E-state index contributed by atoms with van der Waals surface area (Å²) in [4.78, 5) is 4.86. The van der Waals surface area contributed by atoms with Crippen molar-refractivity contribution in [2.75, 3.05) is 15.1 Å². The van der Waals surface area contributed by atoms with E-state index in [1.54, 1.807) is 0 Å². The SMILES string of the molecule is C=C/C=C(\C)Nc1ccccc1B1CC/C(=C\C(C)=C/C)N(c2ccc(-c3cccc4c3oc3ccccc34)cc2)c2cc(N(c3ccccc3)c3ccccc3)ccc21. The van der Waals surface area contributed by atoms with E-state index in [-0.39, 0.29) is 6.71 Å². The molecular weight excluding hydrogens is 729 g/mol. The van der Waals surface area contributed by atoms with E-state index in [1.165, 1.54) is 22.2 Å². The number of para-hydroxylation sites is 5. The standard InChI is InChI=1S/C55H48BN3O/c1-5-18-40(4)57-52-27-15-14-26-50(52)56-36-35-46(37-39(3)6-2)59(44-31-29-41(30-32-44)47-24-17-25-49-48-23-13-16-28-54(48)60-55(47)49)53-38-45(33-34-51(53)56)58(42-19-9-7-10-20-42)43-21-11-8-12-22-43/h5-34,37-38,57H,1,35-36H2,2-4H3/b39-6-,40-18+,46-37+.